The normalized spacial score (nSPS) is 17.2. The third kappa shape index (κ3) is 4.07. The Morgan fingerprint density at radius 2 is 2.24 bits per heavy atom. The van der Waals surface area contributed by atoms with Crippen LogP contribution >= 0.6 is 0 Å². The minimum absolute atomic E-state index is 0.355. The van der Waals surface area contributed by atoms with Crippen LogP contribution in [0.1, 0.15) is 43.0 Å². The number of aromatic nitrogens is 2. The van der Waals surface area contributed by atoms with Crippen LogP contribution in [0.4, 0.5) is 17.5 Å². The molecule has 2 heterocycles. The molecule has 0 saturated carbocycles. The molecule has 6 heteroatoms. The molecule has 0 bridgehead atoms. The Kier molecular flexibility index (Phi) is 5.48. The lowest BCUT2D eigenvalue weighted by Gasteiger charge is -2.35. The van der Waals surface area contributed by atoms with E-state index in [1.165, 1.54) is 26.4 Å². The van der Waals surface area contributed by atoms with Gasteiger partial charge in [-0.2, -0.15) is 4.98 Å². The number of hydrogen-bond donors (Lipinski definition) is 1. The number of rotatable bonds is 5. The molecule has 0 amide bonds. The van der Waals surface area contributed by atoms with Crippen molar-refractivity contribution >= 4 is 23.4 Å². The van der Waals surface area contributed by atoms with E-state index in [2.05, 4.69) is 27.1 Å². The minimum Gasteiger partial charge on any atom is -0.465 e. The van der Waals surface area contributed by atoms with Gasteiger partial charge in [-0.25, -0.2) is 9.78 Å². The maximum Gasteiger partial charge on any atom is 0.337 e. The Labute approximate surface area is 148 Å². The molecule has 1 saturated heterocycles. The van der Waals surface area contributed by atoms with E-state index >= 15 is 0 Å². The molecule has 0 spiro atoms. The third-order valence-corrected chi connectivity index (χ3v) is 4.55. The van der Waals surface area contributed by atoms with Crippen molar-refractivity contribution in [3.63, 3.8) is 0 Å². The first-order chi connectivity index (χ1) is 12.2. The second-order valence-corrected chi connectivity index (χ2v) is 6.19. The molecule has 132 valence electrons. The number of methoxy groups -OCH3 is 1. The molecule has 1 atom stereocenters. The van der Waals surface area contributed by atoms with Crippen molar-refractivity contribution in [2.75, 3.05) is 23.9 Å². The lowest BCUT2D eigenvalue weighted by Crippen LogP contribution is -2.40. The molecule has 0 radical (unpaired) electrons. The summed E-state index contributed by atoms with van der Waals surface area (Å²) in [5, 5.41) is 3.25. The number of esters is 1. The summed E-state index contributed by atoms with van der Waals surface area (Å²) in [6.07, 6.45) is 6.52. The molecule has 2 aromatic rings. The van der Waals surface area contributed by atoms with Gasteiger partial charge in [-0.05, 0) is 49.9 Å². The smallest absolute Gasteiger partial charge is 0.337 e. The fourth-order valence-corrected chi connectivity index (χ4v) is 3.23. The van der Waals surface area contributed by atoms with E-state index in [0.29, 0.717) is 17.4 Å². The fraction of sp³-hybridized carbons (Fsp3) is 0.421. The van der Waals surface area contributed by atoms with Crippen LogP contribution in [0.15, 0.2) is 36.5 Å². The molecular weight excluding hydrogens is 316 g/mol. The highest BCUT2D eigenvalue weighted by Gasteiger charge is 2.23. The first kappa shape index (κ1) is 17.2. The molecule has 1 aromatic carbocycles. The lowest BCUT2D eigenvalue weighted by atomic mass is 10.0. The summed E-state index contributed by atoms with van der Waals surface area (Å²) < 4.78 is 4.77. The molecule has 6 nitrogen and oxygen atoms in total. The molecule has 1 unspecified atom stereocenters. The van der Waals surface area contributed by atoms with Crippen LogP contribution in [-0.2, 0) is 4.74 Å². The largest absolute Gasteiger partial charge is 0.465 e. The molecule has 0 aliphatic carbocycles. The van der Waals surface area contributed by atoms with Crippen molar-refractivity contribution in [2.45, 2.75) is 38.6 Å². The van der Waals surface area contributed by atoms with E-state index in [0.717, 1.165) is 24.6 Å². The number of carbonyl (C=O) groups is 1. The summed E-state index contributed by atoms with van der Waals surface area (Å²) in [6, 6.07) is 9.52. The number of anilines is 3. The maximum atomic E-state index is 11.7. The van der Waals surface area contributed by atoms with E-state index in [4.69, 9.17) is 4.74 Å². The van der Waals surface area contributed by atoms with Crippen LogP contribution in [0.5, 0.6) is 0 Å². The summed E-state index contributed by atoms with van der Waals surface area (Å²) in [6.45, 7) is 3.21. The number of nitrogens with one attached hydrogen (secondary N) is 1. The van der Waals surface area contributed by atoms with Gasteiger partial charge in [0.1, 0.15) is 5.82 Å². The van der Waals surface area contributed by atoms with Gasteiger partial charge in [0, 0.05) is 24.5 Å². The topological polar surface area (TPSA) is 67.4 Å². The van der Waals surface area contributed by atoms with Gasteiger partial charge < -0.3 is 15.0 Å². The molecular formula is C19H24N4O2. The van der Waals surface area contributed by atoms with Gasteiger partial charge in [-0.1, -0.05) is 13.0 Å². The Hall–Kier alpha value is -2.63. The van der Waals surface area contributed by atoms with Crippen LogP contribution in [-0.4, -0.2) is 35.6 Å². The lowest BCUT2D eigenvalue weighted by molar-refractivity contribution is 0.0601. The van der Waals surface area contributed by atoms with Gasteiger partial charge in [0.05, 0.1) is 12.7 Å². The van der Waals surface area contributed by atoms with Gasteiger partial charge in [-0.15, -0.1) is 0 Å². The predicted octanol–water partition coefficient (Wildman–Crippen LogP) is 3.78. The zero-order valence-electron chi connectivity index (χ0n) is 14.7. The summed E-state index contributed by atoms with van der Waals surface area (Å²) in [5.74, 6) is 1.12. The number of piperidine rings is 1. The minimum atomic E-state index is -0.355. The quantitative estimate of drug-likeness (QED) is 0.836. The molecule has 1 N–H and O–H groups in total. The highest BCUT2D eigenvalue weighted by atomic mass is 16.5. The Morgan fingerprint density at radius 1 is 1.36 bits per heavy atom. The van der Waals surface area contributed by atoms with E-state index in [1.807, 2.05) is 18.2 Å². The predicted molar refractivity (Wildman–Crippen MR) is 98.4 cm³/mol. The number of benzene rings is 1. The molecule has 1 aliphatic heterocycles. The standard InChI is InChI=1S/C19H24N4O2/c1-3-16-9-4-5-12-23(16)19-20-11-10-17(22-19)21-15-8-6-7-14(13-15)18(24)25-2/h6-8,10-11,13,16H,3-5,9,12H2,1-2H3,(H,20,21,22). The second kappa shape index (κ2) is 7.96. The second-order valence-electron chi connectivity index (χ2n) is 6.19. The van der Waals surface area contributed by atoms with E-state index in [9.17, 15) is 4.79 Å². The first-order valence-electron chi connectivity index (χ1n) is 8.76. The summed E-state index contributed by atoms with van der Waals surface area (Å²) in [5.41, 5.74) is 1.29. The summed E-state index contributed by atoms with van der Waals surface area (Å²) >= 11 is 0. The van der Waals surface area contributed by atoms with Gasteiger partial charge in [0.2, 0.25) is 5.95 Å². The maximum absolute atomic E-state index is 11.7. The van der Waals surface area contributed by atoms with Crippen molar-refractivity contribution < 1.29 is 9.53 Å². The number of ether oxygens (including phenoxy) is 1. The van der Waals surface area contributed by atoms with Gasteiger partial charge in [0.25, 0.3) is 0 Å². The van der Waals surface area contributed by atoms with Gasteiger partial charge >= 0.3 is 5.97 Å². The highest BCUT2D eigenvalue weighted by molar-refractivity contribution is 5.90. The first-order valence-corrected chi connectivity index (χ1v) is 8.76. The van der Waals surface area contributed by atoms with Crippen molar-refractivity contribution in [2.24, 2.45) is 0 Å². The average molecular weight is 340 g/mol. The zero-order chi connectivity index (χ0) is 17.6. The molecule has 3 rings (SSSR count). The van der Waals surface area contributed by atoms with Crippen LogP contribution < -0.4 is 10.2 Å². The van der Waals surface area contributed by atoms with E-state index in [1.54, 1.807) is 18.3 Å². The van der Waals surface area contributed by atoms with Crippen LogP contribution in [0, 0.1) is 0 Å². The van der Waals surface area contributed by atoms with Crippen LogP contribution in [0.2, 0.25) is 0 Å². The van der Waals surface area contributed by atoms with Gasteiger partial charge in [-0.3, -0.25) is 0 Å². The molecule has 1 fully saturated rings. The van der Waals surface area contributed by atoms with Crippen molar-refractivity contribution in [3.05, 3.63) is 42.1 Å². The Bertz CT molecular complexity index is 735. The van der Waals surface area contributed by atoms with Crippen molar-refractivity contribution in [3.8, 4) is 0 Å². The monoisotopic (exact) mass is 340 g/mol. The average Bonchev–Trinajstić information content (AvgIpc) is 2.67. The van der Waals surface area contributed by atoms with Crippen molar-refractivity contribution in [1.29, 1.82) is 0 Å². The highest BCUT2D eigenvalue weighted by Crippen LogP contribution is 2.25. The zero-order valence-corrected chi connectivity index (χ0v) is 14.7. The summed E-state index contributed by atoms with van der Waals surface area (Å²) in [7, 11) is 1.38. The number of nitrogens with zero attached hydrogens (tertiary/aromatic N) is 3. The Morgan fingerprint density at radius 3 is 3.04 bits per heavy atom. The SMILES string of the molecule is CCC1CCCCN1c1nccc(Nc2cccc(C(=O)OC)c2)n1. The molecule has 1 aliphatic rings. The van der Waals surface area contributed by atoms with Crippen LogP contribution in [0.25, 0.3) is 0 Å². The van der Waals surface area contributed by atoms with Crippen LogP contribution in [0.3, 0.4) is 0 Å². The van der Waals surface area contributed by atoms with Crippen molar-refractivity contribution in [1.82, 2.24) is 9.97 Å². The fourth-order valence-electron chi connectivity index (χ4n) is 3.23. The third-order valence-electron chi connectivity index (χ3n) is 4.55. The Balaban J connectivity index is 1.79. The summed E-state index contributed by atoms with van der Waals surface area (Å²) in [4.78, 5) is 23.1. The van der Waals surface area contributed by atoms with Gasteiger partial charge in [0.15, 0.2) is 0 Å². The van der Waals surface area contributed by atoms with E-state index < -0.39 is 0 Å². The molecule has 25 heavy (non-hydrogen) atoms. The number of hydrogen-bond acceptors (Lipinski definition) is 6. The molecule has 1 aromatic heterocycles. The van der Waals surface area contributed by atoms with E-state index in [-0.39, 0.29) is 5.97 Å². The number of carbonyl (C=O) groups excluding carboxylic acids is 1.